The van der Waals surface area contributed by atoms with Crippen LogP contribution in [0.25, 0.3) is 0 Å². The summed E-state index contributed by atoms with van der Waals surface area (Å²) in [5.74, 6) is -0.607. The monoisotopic (exact) mass is 362 g/mol. The molecule has 0 spiro atoms. The number of ether oxygens (including phenoxy) is 1. The standard InChI is InChI=1S/C18H22N2O4S/c1-13-5-7-15(8-6-13)25(22,23)20-12-14(9-10-19)11-16(20)17(21)24-18(2,3)4/h5-9,16H,11-12H2,1-4H3/b14-9-/t16-/m0/s1. The van der Waals surface area contributed by atoms with Crippen molar-refractivity contribution in [2.45, 2.75) is 50.7 Å². The van der Waals surface area contributed by atoms with Gasteiger partial charge in [-0.2, -0.15) is 9.57 Å². The Hall–Kier alpha value is -2.17. The minimum absolute atomic E-state index is 0.00762. The number of carbonyl (C=O) groups is 1. The Morgan fingerprint density at radius 3 is 2.44 bits per heavy atom. The van der Waals surface area contributed by atoms with Gasteiger partial charge in [0.15, 0.2) is 0 Å². The Labute approximate surface area is 148 Å². The molecule has 0 radical (unpaired) electrons. The van der Waals surface area contributed by atoms with Crippen LogP contribution >= 0.6 is 0 Å². The summed E-state index contributed by atoms with van der Waals surface area (Å²) >= 11 is 0. The molecule has 1 aliphatic rings. The Bertz CT molecular complexity index is 827. The van der Waals surface area contributed by atoms with E-state index in [2.05, 4.69) is 0 Å². The molecular formula is C18H22N2O4S. The van der Waals surface area contributed by atoms with E-state index in [-0.39, 0.29) is 17.9 Å². The van der Waals surface area contributed by atoms with Gasteiger partial charge in [-0.25, -0.2) is 8.42 Å². The van der Waals surface area contributed by atoms with Gasteiger partial charge in [-0.15, -0.1) is 0 Å². The third-order valence-corrected chi connectivity index (χ3v) is 5.61. The minimum atomic E-state index is -3.87. The molecule has 1 aliphatic heterocycles. The highest BCUT2D eigenvalue weighted by Crippen LogP contribution is 2.31. The number of rotatable bonds is 3. The highest BCUT2D eigenvalue weighted by molar-refractivity contribution is 7.89. The van der Waals surface area contributed by atoms with Crippen molar-refractivity contribution < 1.29 is 17.9 Å². The molecule has 134 valence electrons. The topological polar surface area (TPSA) is 87.5 Å². The van der Waals surface area contributed by atoms with Crippen molar-refractivity contribution in [1.82, 2.24) is 4.31 Å². The summed E-state index contributed by atoms with van der Waals surface area (Å²) < 4.78 is 32.5. The fraction of sp³-hybridized carbons (Fsp3) is 0.444. The van der Waals surface area contributed by atoms with Crippen LogP contribution < -0.4 is 0 Å². The number of nitriles is 1. The van der Waals surface area contributed by atoms with Crippen LogP contribution in [0.3, 0.4) is 0 Å². The van der Waals surface area contributed by atoms with E-state index in [4.69, 9.17) is 10.00 Å². The number of aryl methyl sites for hydroxylation is 1. The molecule has 1 aromatic rings. The lowest BCUT2D eigenvalue weighted by atomic mass is 10.1. The van der Waals surface area contributed by atoms with Gasteiger partial charge in [-0.1, -0.05) is 17.7 Å². The number of hydrogen-bond donors (Lipinski definition) is 0. The molecule has 0 bridgehead atoms. The van der Waals surface area contributed by atoms with E-state index < -0.39 is 27.6 Å². The Kier molecular flexibility index (Phi) is 5.35. The van der Waals surface area contributed by atoms with E-state index in [1.165, 1.54) is 18.2 Å². The summed E-state index contributed by atoms with van der Waals surface area (Å²) in [5, 5.41) is 8.86. The molecule has 6 nitrogen and oxygen atoms in total. The van der Waals surface area contributed by atoms with Crippen molar-refractivity contribution in [1.29, 1.82) is 5.26 Å². The minimum Gasteiger partial charge on any atom is -0.459 e. The predicted molar refractivity (Wildman–Crippen MR) is 93.0 cm³/mol. The van der Waals surface area contributed by atoms with Gasteiger partial charge < -0.3 is 4.74 Å². The second-order valence-electron chi connectivity index (χ2n) is 7.05. The van der Waals surface area contributed by atoms with Crippen molar-refractivity contribution >= 4 is 16.0 Å². The van der Waals surface area contributed by atoms with Gasteiger partial charge in [-0.05, 0) is 51.8 Å². The maximum absolute atomic E-state index is 13.0. The largest absolute Gasteiger partial charge is 0.459 e. The van der Waals surface area contributed by atoms with Gasteiger partial charge in [0, 0.05) is 12.6 Å². The summed E-state index contributed by atoms with van der Waals surface area (Å²) in [6.45, 7) is 7.05. The second-order valence-corrected chi connectivity index (χ2v) is 8.94. The van der Waals surface area contributed by atoms with Gasteiger partial charge in [0.05, 0.1) is 11.0 Å². The van der Waals surface area contributed by atoms with Crippen LogP contribution in [0, 0.1) is 18.3 Å². The first kappa shape index (κ1) is 19.2. The fourth-order valence-corrected chi connectivity index (χ4v) is 4.17. The van der Waals surface area contributed by atoms with Crippen LogP contribution in [0.15, 0.2) is 40.8 Å². The van der Waals surface area contributed by atoms with Crippen molar-refractivity contribution in [3.8, 4) is 6.07 Å². The number of hydrogen-bond acceptors (Lipinski definition) is 5. The average Bonchev–Trinajstić information content (AvgIpc) is 2.91. The van der Waals surface area contributed by atoms with Crippen LogP contribution in [-0.2, 0) is 19.6 Å². The Balaban J connectivity index is 2.40. The third kappa shape index (κ3) is 4.47. The van der Waals surface area contributed by atoms with Crippen molar-refractivity contribution in [3.05, 3.63) is 41.5 Å². The van der Waals surface area contributed by atoms with E-state index in [0.29, 0.717) is 5.57 Å². The highest BCUT2D eigenvalue weighted by Gasteiger charge is 2.43. The fourth-order valence-electron chi connectivity index (χ4n) is 2.59. The van der Waals surface area contributed by atoms with E-state index in [1.54, 1.807) is 32.9 Å². The lowest BCUT2D eigenvalue weighted by Gasteiger charge is -2.26. The van der Waals surface area contributed by atoms with E-state index in [9.17, 15) is 13.2 Å². The molecule has 1 fully saturated rings. The number of nitrogens with zero attached hydrogens (tertiary/aromatic N) is 2. The van der Waals surface area contributed by atoms with E-state index in [0.717, 1.165) is 9.87 Å². The molecule has 1 heterocycles. The van der Waals surface area contributed by atoms with Gasteiger partial charge in [0.1, 0.15) is 11.6 Å². The molecule has 1 atom stereocenters. The van der Waals surface area contributed by atoms with Gasteiger partial charge >= 0.3 is 5.97 Å². The van der Waals surface area contributed by atoms with Gasteiger partial charge in [-0.3, -0.25) is 4.79 Å². The first-order valence-electron chi connectivity index (χ1n) is 7.93. The number of carbonyl (C=O) groups excluding carboxylic acids is 1. The van der Waals surface area contributed by atoms with Crippen molar-refractivity contribution in [2.75, 3.05) is 6.54 Å². The second kappa shape index (κ2) is 6.98. The number of benzene rings is 1. The first-order valence-corrected chi connectivity index (χ1v) is 9.37. The molecule has 25 heavy (non-hydrogen) atoms. The highest BCUT2D eigenvalue weighted by atomic mass is 32.2. The van der Waals surface area contributed by atoms with Crippen LogP contribution in [0.2, 0.25) is 0 Å². The Morgan fingerprint density at radius 1 is 1.32 bits per heavy atom. The average molecular weight is 362 g/mol. The summed E-state index contributed by atoms with van der Waals surface area (Å²) in [7, 11) is -3.87. The van der Waals surface area contributed by atoms with Crippen LogP contribution in [-0.4, -0.2) is 36.9 Å². The molecule has 0 unspecified atom stereocenters. The number of sulfonamides is 1. The summed E-state index contributed by atoms with van der Waals surface area (Å²) in [5.41, 5.74) is 0.807. The molecule has 1 saturated heterocycles. The zero-order valence-corrected chi connectivity index (χ0v) is 15.6. The maximum Gasteiger partial charge on any atom is 0.325 e. The summed E-state index contributed by atoms with van der Waals surface area (Å²) in [6, 6.07) is 7.38. The lowest BCUT2D eigenvalue weighted by Crippen LogP contribution is -2.43. The predicted octanol–water partition coefficient (Wildman–Crippen LogP) is 2.55. The zero-order valence-electron chi connectivity index (χ0n) is 14.8. The molecule has 7 heteroatoms. The van der Waals surface area contributed by atoms with Gasteiger partial charge in [0.25, 0.3) is 0 Å². The van der Waals surface area contributed by atoms with E-state index in [1.807, 2.05) is 13.0 Å². The van der Waals surface area contributed by atoms with Crippen molar-refractivity contribution in [3.63, 3.8) is 0 Å². The molecule has 0 aromatic heterocycles. The molecule has 0 saturated carbocycles. The van der Waals surface area contributed by atoms with Crippen LogP contribution in [0.4, 0.5) is 0 Å². The van der Waals surface area contributed by atoms with Crippen LogP contribution in [0.1, 0.15) is 32.8 Å². The quantitative estimate of drug-likeness (QED) is 0.609. The summed E-state index contributed by atoms with van der Waals surface area (Å²) in [4.78, 5) is 12.6. The third-order valence-electron chi connectivity index (χ3n) is 3.74. The van der Waals surface area contributed by atoms with Gasteiger partial charge in [0.2, 0.25) is 10.0 Å². The smallest absolute Gasteiger partial charge is 0.325 e. The molecule has 0 aliphatic carbocycles. The summed E-state index contributed by atoms with van der Waals surface area (Å²) in [6.07, 6.45) is 1.45. The molecule has 1 aromatic carbocycles. The SMILES string of the molecule is Cc1ccc(S(=O)(=O)N2C/C(=C\C#N)C[C@H]2C(=O)OC(C)(C)C)cc1. The number of allylic oxidation sites excluding steroid dienone is 1. The Morgan fingerprint density at radius 2 is 1.92 bits per heavy atom. The lowest BCUT2D eigenvalue weighted by molar-refractivity contribution is -0.158. The molecule has 2 rings (SSSR count). The van der Waals surface area contributed by atoms with Crippen LogP contribution in [0.5, 0.6) is 0 Å². The van der Waals surface area contributed by atoms with Crippen molar-refractivity contribution in [2.24, 2.45) is 0 Å². The normalized spacial score (nSPS) is 20.4. The molecular weight excluding hydrogens is 340 g/mol. The zero-order chi connectivity index (χ0) is 18.8. The van der Waals surface area contributed by atoms with E-state index >= 15 is 0 Å². The first-order chi connectivity index (χ1) is 11.5. The number of esters is 1. The molecule has 0 amide bonds. The molecule has 0 N–H and O–H groups in total. The maximum atomic E-state index is 13.0.